The molecule has 0 saturated heterocycles. The molecule has 3 aromatic rings. The van der Waals surface area contributed by atoms with E-state index in [0.29, 0.717) is 11.4 Å². The highest BCUT2D eigenvalue weighted by Gasteiger charge is 2.12. The van der Waals surface area contributed by atoms with Crippen molar-refractivity contribution in [3.8, 4) is 5.75 Å². The van der Waals surface area contributed by atoms with E-state index >= 15 is 0 Å². The molecular formula is C18H19N3O2. The summed E-state index contributed by atoms with van der Waals surface area (Å²) in [5.41, 5.74) is 3.59. The van der Waals surface area contributed by atoms with Crippen molar-refractivity contribution in [1.29, 1.82) is 0 Å². The third-order valence-corrected chi connectivity index (χ3v) is 3.78. The van der Waals surface area contributed by atoms with Crippen molar-refractivity contribution < 1.29 is 9.53 Å². The number of fused-ring (bicyclic) bond motifs is 1. The second-order valence-electron chi connectivity index (χ2n) is 5.49. The quantitative estimate of drug-likeness (QED) is 0.804. The van der Waals surface area contributed by atoms with Gasteiger partial charge in [0.05, 0.1) is 23.8 Å². The Morgan fingerprint density at radius 3 is 2.78 bits per heavy atom. The van der Waals surface area contributed by atoms with Crippen LogP contribution in [-0.2, 0) is 11.3 Å². The summed E-state index contributed by atoms with van der Waals surface area (Å²) in [6.07, 6.45) is 0. The first-order valence-corrected chi connectivity index (χ1v) is 7.45. The number of ether oxygens (including phenoxy) is 1. The number of benzene rings is 2. The molecule has 0 fully saturated rings. The van der Waals surface area contributed by atoms with Crippen molar-refractivity contribution in [2.45, 2.75) is 20.4 Å². The lowest BCUT2D eigenvalue weighted by molar-refractivity contribution is -0.116. The summed E-state index contributed by atoms with van der Waals surface area (Å²) in [6, 6.07) is 13.5. The topological polar surface area (TPSA) is 56.1 Å². The maximum atomic E-state index is 12.4. The first kappa shape index (κ1) is 15.1. The molecule has 1 amide bonds. The minimum absolute atomic E-state index is 0.111. The number of para-hydroxylation sites is 2. The fraction of sp³-hybridized carbons (Fsp3) is 0.222. The van der Waals surface area contributed by atoms with E-state index in [2.05, 4.69) is 10.3 Å². The number of imidazole rings is 1. The average Bonchev–Trinajstić information content (AvgIpc) is 2.83. The van der Waals surface area contributed by atoms with E-state index < -0.39 is 0 Å². The molecule has 0 aliphatic carbocycles. The van der Waals surface area contributed by atoms with Gasteiger partial charge in [0.25, 0.3) is 0 Å². The van der Waals surface area contributed by atoms with Crippen LogP contribution < -0.4 is 10.1 Å². The zero-order valence-electron chi connectivity index (χ0n) is 13.5. The van der Waals surface area contributed by atoms with E-state index in [1.807, 2.05) is 60.9 Å². The van der Waals surface area contributed by atoms with E-state index in [0.717, 1.165) is 22.4 Å². The molecule has 1 N–H and O–H groups in total. The Morgan fingerprint density at radius 1 is 1.22 bits per heavy atom. The number of aryl methyl sites for hydroxylation is 2. The molecule has 1 heterocycles. The summed E-state index contributed by atoms with van der Waals surface area (Å²) < 4.78 is 7.21. The lowest BCUT2D eigenvalue weighted by Crippen LogP contribution is -2.19. The molecule has 1 aromatic heterocycles. The SMILES string of the molecule is COc1ccc(C)cc1NC(=O)Cn1c(C)nc2ccccc21. The van der Waals surface area contributed by atoms with Gasteiger partial charge >= 0.3 is 0 Å². The number of rotatable bonds is 4. The summed E-state index contributed by atoms with van der Waals surface area (Å²) in [6.45, 7) is 4.09. The van der Waals surface area contributed by atoms with Crippen molar-refractivity contribution in [3.63, 3.8) is 0 Å². The van der Waals surface area contributed by atoms with E-state index in [4.69, 9.17) is 4.74 Å². The average molecular weight is 309 g/mol. The fourth-order valence-corrected chi connectivity index (χ4v) is 2.65. The van der Waals surface area contributed by atoms with Crippen LogP contribution in [0.2, 0.25) is 0 Å². The van der Waals surface area contributed by atoms with Gasteiger partial charge in [-0.3, -0.25) is 4.79 Å². The van der Waals surface area contributed by atoms with E-state index in [-0.39, 0.29) is 12.5 Å². The fourth-order valence-electron chi connectivity index (χ4n) is 2.65. The van der Waals surface area contributed by atoms with Crippen LogP contribution in [0.4, 0.5) is 5.69 Å². The number of hydrogen-bond acceptors (Lipinski definition) is 3. The second kappa shape index (κ2) is 6.12. The standard InChI is InChI=1S/C18H19N3O2/c1-12-8-9-17(23-3)15(10-12)20-18(22)11-21-13(2)19-14-6-4-5-7-16(14)21/h4-10H,11H2,1-3H3,(H,20,22). The Balaban J connectivity index is 1.84. The zero-order valence-corrected chi connectivity index (χ0v) is 13.5. The molecule has 118 valence electrons. The predicted octanol–water partition coefficient (Wildman–Crippen LogP) is 3.30. The maximum Gasteiger partial charge on any atom is 0.244 e. The van der Waals surface area contributed by atoms with Crippen LogP contribution in [0.1, 0.15) is 11.4 Å². The molecule has 3 rings (SSSR count). The molecule has 23 heavy (non-hydrogen) atoms. The van der Waals surface area contributed by atoms with Crippen LogP contribution in [0.3, 0.4) is 0 Å². The van der Waals surface area contributed by atoms with Gasteiger partial charge in [-0.1, -0.05) is 18.2 Å². The van der Waals surface area contributed by atoms with E-state index in [1.54, 1.807) is 7.11 Å². The molecule has 5 heteroatoms. The molecule has 0 atom stereocenters. The number of nitrogens with one attached hydrogen (secondary N) is 1. The van der Waals surface area contributed by atoms with Gasteiger partial charge in [-0.25, -0.2) is 4.98 Å². The summed E-state index contributed by atoms with van der Waals surface area (Å²) in [5, 5.41) is 2.92. The summed E-state index contributed by atoms with van der Waals surface area (Å²) in [5.74, 6) is 1.36. The van der Waals surface area contributed by atoms with Gasteiger partial charge in [-0.05, 0) is 43.7 Å². The predicted molar refractivity (Wildman–Crippen MR) is 90.8 cm³/mol. The van der Waals surface area contributed by atoms with Crippen molar-refractivity contribution in [2.24, 2.45) is 0 Å². The van der Waals surface area contributed by atoms with Crippen LogP contribution in [0, 0.1) is 13.8 Å². The van der Waals surface area contributed by atoms with Crippen molar-refractivity contribution in [2.75, 3.05) is 12.4 Å². The largest absolute Gasteiger partial charge is 0.495 e. The van der Waals surface area contributed by atoms with Crippen LogP contribution in [-0.4, -0.2) is 22.6 Å². The Hall–Kier alpha value is -2.82. The Labute approximate surface area is 134 Å². The first-order chi connectivity index (χ1) is 11.1. The minimum atomic E-state index is -0.111. The summed E-state index contributed by atoms with van der Waals surface area (Å²) >= 11 is 0. The number of carbonyl (C=O) groups is 1. The van der Waals surface area contributed by atoms with Crippen LogP contribution in [0.15, 0.2) is 42.5 Å². The van der Waals surface area contributed by atoms with Gasteiger partial charge in [0.2, 0.25) is 5.91 Å². The number of amides is 1. The third-order valence-electron chi connectivity index (χ3n) is 3.78. The van der Waals surface area contributed by atoms with E-state index in [9.17, 15) is 4.79 Å². The molecule has 0 spiro atoms. The van der Waals surface area contributed by atoms with Crippen molar-refractivity contribution >= 4 is 22.6 Å². The molecule has 0 bridgehead atoms. The van der Waals surface area contributed by atoms with Crippen LogP contribution in [0.5, 0.6) is 5.75 Å². The molecule has 0 unspecified atom stereocenters. The van der Waals surface area contributed by atoms with Gasteiger partial charge < -0.3 is 14.6 Å². The number of aromatic nitrogens is 2. The molecule has 0 radical (unpaired) electrons. The van der Waals surface area contributed by atoms with Gasteiger partial charge in [0.1, 0.15) is 18.1 Å². The second-order valence-corrected chi connectivity index (χ2v) is 5.49. The van der Waals surface area contributed by atoms with E-state index in [1.165, 1.54) is 0 Å². The lowest BCUT2D eigenvalue weighted by Gasteiger charge is -2.12. The first-order valence-electron chi connectivity index (χ1n) is 7.45. The number of hydrogen-bond donors (Lipinski definition) is 1. The Bertz CT molecular complexity index is 868. The van der Waals surface area contributed by atoms with Crippen molar-refractivity contribution in [3.05, 3.63) is 53.9 Å². The Morgan fingerprint density at radius 2 is 2.00 bits per heavy atom. The lowest BCUT2D eigenvalue weighted by atomic mass is 10.2. The molecule has 0 aliphatic heterocycles. The Kier molecular flexibility index (Phi) is 4.02. The third kappa shape index (κ3) is 3.04. The number of methoxy groups -OCH3 is 1. The highest BCUT2D eigenvalue weighted by Crippen LogP contribution is 2.25. The van der Waals surface area contributed by atoms with Crippen LogP contribution >= 0.6 is 0 Å². The minimum Gasteiger partial charge on any atom is -0.495 e. The molecule has 2 aromatic carbocycles. The normalized spacial score (nSPS) is 10.7. The van der Waals surface area contributed by atoms with Gasteiger partial charge in [-0.2, -0.15) is 0 Å². The molecule has 0 aliphatic rings. The summed E-state index contributed by atoms with van der Waals surface area (Å²) in [7, 11) is 1.59. The van der Waals surface area contributed by atoms with Crippen molar-refractivity contribution in [1.82, 2.24) is 9.55 Å². The molecule has 5 nitrogen and oxygen atoms in total. The molecular weight excluding hydrogens is 290 g/mol. The van der Waals surface area contributed by atoms with Crippen LogP contribution in [0.25, 0.3) is 11.0 Å². The summed E-state index contributed by atoms with van der Waals surface area (Å²) in [4.78, 5) is 16.9. The highest BCUT2D eigenvalue weighted by atomic mass is 16.5. The number of nitrogens with zero attached hydrogens (tertiary/aromatic N) is 2. The number of carbonyl (C=O) groups excluding carboxylic acids is 1. The highest BCUT2D eigenvalue weighted by molar-refractivity contribution is 5.93. The number of anilines is 1. The van der Waals surface area contributed by atoms with Gasteiger partial charge in [0, 0.05) is 0 Å². The van der Waals surface area contributed by atoms with Gasteiger partial charge in [-0.15, -0.1) is 0 Å². The molecule has 0 saturated carbocycles. The maximum absolute atomic E-state index is 12.4. The smallest absolute Gasteiger partial charge is 0.244 e. The zero-order chi connectivity index (χ0) is 16.4. The van der Waals surface area contributed by atoms with Gasteiger partial charge in [0.15, 0.2) is 0 Å². The monoisotopic (exact) mass is 309 g/mol.